The van der Waals surface area contributed by atoms with Gasteiger partial charge in [0.25, 0.3) is 0 Å². The second-order valence-corrected chi connectivity index (χ2v) is 16.8. The van der Waals surface area contributed by atoms with Crippen molar-refractivity contribution >= 4 is 66.8 Å². The molecular weight excluding hydrogens is 701 g/mol. The molecule has 0 aliphatic heterocycles. The summed E-state index contributed by atoms with van der Waals surface area (Å²) in [7, 11) is 0. The molecule has 278 valence electrons. The molecule has 0 spiro atoms. The summed E-state index contributed by atoms with van der Waals surface area (Å²) in [4.78, 5) is 5.16. The molecule has 0 N–H and O–H groups in total. The maximum absolute atomic E-state index is 2.65. The Bertz CT molecular complexity index is 3090. The topological polar surface area (TPSA) is 6.48 Å². The Hall–Kier alpha value is -6.90. The van der Waals surface area contributed by atoms with E-state index in [9.17, 15) is 0 Å². The number of anilines is 5. The molecule has 0 heterocycles. The fourth-order valence-corrected chi connectivity index (χ4v) is 10.1. The van der Waals surface area contributed by atoms with Crippen LogP contribution in [0.3, 0.4) is 0 Å². The molecule has 2 aliphatic rings. The first-order chi connectivity index (χ1) is 28.4. The zero-order valence-corrected chi connectivity index (χ0v) is 33.2. The van der Waals surface area contributed by atoms with Crippen LogP contribution in [-0.4, -0.2) is 5.54 Å². The van der Waals surface area contributed by atoms with Crippen molar-refractivity contribution in [2.75, 3.05) is 9.80 Å². The van der Waals surface area contributed by atoms with E-state index in [0.29, 0.717) is 0 Å². The van der Waals surface area contributed by atoms with Gasteiger partial charge in [0.1, 0.15) is 0 Å². The van der Waals surface area contributed by atoms with E-state index in [1.54, 1.807) is 0 Å². The Morgan fingerprint density at radius 1 is 0.431 bits per heavy atom. The summed E-state index contributed by atoms with van der Waals surface area (Å²) < 4.78 is 0. The maximum Gasteiger partial charge on any atom is 0.0649 e. The molecule has 0 fully saturated rings. The first-order valence-electron chi connectivity index (χ1n) is 20.5. The molecule has 9 aromatic carbocycles. The Labute approximate surface area is 340 Å². The highest BCUT2D eigenvalue weighted by atomic mass is 15.2. The van der Waals surface area contributed by atoms with Crippen molar-refractivity contribution in [2.24, 2.45) is 0 Å². The summed E-state index contributed by atoms with van der Waals surface area (Å²) >= 11 is 0. The molecule has 0 radical (unpaired) electrons. The third-order valence-electron chi connectivity index (χ3n) is 12.9. The van der Waals surface area contributed by atoms with E-state index >= 15 is 0 Å². The van der Waals surface area contributed by atoms with Gasteiger partial charge in [0.2, 0.25) is 0 Å². The lowest BCUT2D eigenvalue weighted by molar-refractivity contribution is 0.562. The average Bonchev–Trinajstić information content (AvgIpc) is 3.49. The molecule has 58 heavy (non-hydrogen) atoms. The third-order valence-corrected chi connectivity index (χ3v) is 12.9. The van der Waals surface area contributed by atoms with Crippen LogP contribution in [0.4, 0.5) is 28.4 Å². The summed E-state index contributed by atoms with van der Waals surface area (Å²) in [6.07, 6.45) is 5.65. The minimum absolute atomic E-state index is 0.175. The SMILES string of the molecule is CC1(C)c2ccccc2-c2cc3c(N(c4ccccc4)c4ccc5ccccc5c4)c4ccccc4c(N(c4ccccc4)C4(C)C=Cc5ccccc5C4)c3cc21. The molecule has 1 unspecified atom stereocenters. The lowest BCUT2D eigenvalue weighted by atomic mass is 9.80. The van der Waals surface area contributed by atoms with Gasteiger partial charge in [-0.25, -0.2) is 0 Å². The molecule has 0 bridgehead atoms. The molecule has 0 aromatic heterocycles. The zero-order valence-electron chi connectivity index (χ0n) is 33.2. The summed E-state index contributed by atoms with van der Waals surface area (Å²) in [6, 6.07) is 69.7. The van der Waals surface area contributed by atoms with Gasteiger partial charge in [-0.1, -0.05) is 166 Å². The smallest absolute Gasteiger partial charge is 0.0649 e. The van der Waals surface area contributed by atoms with Crippen LogP contribution in [0.15, 0.2) is 194 Å². The highest BCUT2D eigenvalue weighted by molar-refractivity contribution is 6.24. The summed E-state index contributed by atoms with van der Waals surface area (Å²) in [5.41, 5.74) is 13.3. The van der Waals surface area contributed by atoms with Crippen molar-refractivity contribution in [2.45, 2.75) is 38.1 Å². The van der Waals surface area contributed by atoms with Gasteiger partial charge < -0.3 is 9.80 Å². The van der Waals surface area contributed by atoms with Gasteiger partial charge in [0, 0.05) is 44.0 Å². The van der Waals surface area contributed by atoms with Gasteiger partial charge in [-0.15, -0.1) is 0 Å². The standard InChI is InChI=1S/C56H44N2/c1-55(2)51-29-17-16-26-45(51)48-35-49-50(36-52(48)55)54(58(43-24-8-5-9-25-43)56(3)33-32-39-19-11-13-21-41(39)37-56)47-28-15-14-27-46(47)53(49)57(42-22-6-4-7-23-42)44-31-30-38-18-10-12-20-40(38)34-44/h4-36H,37H2,1-3H3. The lowest BCUT2D eigenvalue weighted by Gasteiger charge is -2.45. The van der Waals surface area contributed by atoms with Crippen LogP contribution in [0.2, 0.25) is 0 Å². The predicted molar refractivity (Wildman–Crippen MR) is 247 cm³/mol. The van der Waals surface area contributed by atoms with E-state index in [2.05, 4.69) is 231 Å². The fraction of sp³-hybridized carbons (Fsp3) is 0.107. The van der Waals surface area contributed by atoms with Crippen LogP contribution in [0.5, 0.6) is 0 Å². The highest BCUT2D eigenvalue weighted by Gasteiger charge is 2.40. The van der Waals surface area contributed by atoms with E-state index < -0.39 is 0 Å². The van der Waals surface area contributed by atoms with E-state index in [0.717, 1.165) is 17.8 Å². The molecule has 2 nitrogen and oxygen atoms in total. The number of fused-ring (bicyclic) bond motifs is 7. The molecule has 2 aliphatic carbocycles. The van der Waals surface area contributed by atoms with E-state index in [1.807, 2.05) is 0 Å². The van der Waals surface area contributed by atoms with E-state index in [4.69, 9.17) is 0 Å². The molecule has 2 heteroatoms. The number of benzene rings is 9. The highest BCUT2D eigenvalue weighted by Crippen LogP contribution is 2.56. The van der Waals surface area contributed by atoms with Crippen molar-refractivity contribution < 1.29 is 0 Å². The zero-order chi connectivity index (χ0) is 39.0. The number of hydrogen-bond donors (Lipinski definition) is 0. The summed E-state index contributed by atoms with van der Waals surface area (Å²) in [5, 5.41) is 7.34. The molecule has 0 amide bonds. The first kappa shape index (κ1) is 34.4. The predicted octanol–water partition coefficient (Wildman–Crippen LogP) is 15.1. The Morgan fingerprint density at radius 2 is 1.05 bits per heavy atom. The Morgan fingerprint density at radius 3 is 1.84 bits per heavy atom. The first-order valence-corrected chi connectivity index (χ1v) is 20.5. The Balaban J connectivity index is 1.30. The molecule has 1 atom stereocenters. The van der Waals surface area contributed by atoms with Gasteiger partial charge in [0.15, 0.2) is 0 Å². The van der Waals surface area contributed by atoms with Crippen LogP contribution in [0.1, 0.15) is 43.0 Å². The van der Waals surface area contributed by atoms with E-state index in [-0.39, 0.29) is 11.0 Å². The quantitative estimate of drug-likeness (QED) is 0.124. The molecule has 11 rings (SSSR count). The fourth-order valence-electron chi connectivity index (χ4n) is 10.1. The summed E-state index contributed by atoms with van der Waals surface area (Å²) in [6.45, 7) is 7.21. The van der Waals surface area contributed by atoms with Crippen molar-refractivity contribution in [1.82, 2.24) is 0 Å². The molecule has 9 aromatic rings. The van der Waals surface area contributed by atoms with Crippen molar-refractivity contribution in [3.05, 3.63) is 216 Å². The minimum atomic E-state index is -0.373. The van der Waals surface area contributed by atoms with Crippen molar-refractivity contribution in [1.29, 1.82) is 0 Å². The van der Waals surface area contributed by atoms with Crippen LogP contribution in [0, 0.1) is 0 Å². The average molecular weight is 745 g/mol. The van der Waals surface area contributed by atoms with Gasteiger partial charge in [-0.2, -0.15) is 0 Å². The van der Waals surface area contributed by atoms with Crippen LogP contribution in [0.25, 0.3) is 49.5 Å². The van der Waals surface area contributed by atoms with Crippen LogP contribution >= 0.6 is 0 Å². The third kappa shape index (κ3) is 5.25. The van der Waals surface area contributed by atoms with Gasteiger partial charge in [0.05, 0.1) is 16.9 Å². The van der Waals surface area contributed by atoms with Crippen molar-refractivity contribution in [3.8, 4) is 11.1 Å². The normalized spacial score (nSPS) is 16.3. The van der Waals surface area contributed by atoms with E-state index in [1.165, 1.54) is 82.8 Å². The van der Waals surface area contributed by atoms with Gasteiger partial charge in [-0.05, 0) is 106 Å². The molecular formula is C56H44N2. The number of rotatable bonds is 6. The Kier molecular flexibility index (Phi) is 7.75. The number of para-hydroxylation sites is 2. The lowest BCUT2D eigenvalue weighted by Crippen LogP contribution is -2.45. The monoisotopic (exact) mass is 744 g/mol. The van der Waals surface area contributed by atoms with Crippen molar-refractivity contribution in [3.63, 3.8) is 0 Å². The molecule has 0 saturated carbocycles. The minimum Gasteiger partial charge on any atom is -0.331 e. The summed E-state index contributed by atoms with van der Waals surface area (Å²) in [5.74, 6) is 0. The largest absolute Gasteiger partial charge is 0.331 e. The number of nitrogens with zero attached hydrogens (tertiary/aromatic N) is 2. The number of hydrogen-bond acceptors (Lipinski definition) is 2. The van der Waals surface area contributed by atoms with Crippen LogP contribution < -0.4 is 9.80 Å². The second-order valence-electron chi connectivity index (χ2n) is 16.8. The molecule has 0 saturated heterocycles. The van der Waals surface area contributed by atoms with Crippen LogP contribution in [-0.2, 0) is 11.8 Å². The second kappa shape index (κ2) is 13.1. The van der Waals surface area contributed by atoms with Gasteiger partial charge in [-0.3, -0.25) is 0 Å². The van der Waals surface area contributed by atoms with Gasteiger partial charge >= 0.3 is 0 Å². The maximum atomic E-state index is 2.65.